The van der Waals surface area contributed by atoms with Gasteiger partial charge in [0.1, 0.15) is 5.84 Å². The number of fused-ring (bicyclic) bond motifs is 1. The molecule has 0 aromatic carbocycles. The fourth-order valence-corrected chi connectivity index (χ4v) is 3.82. The zero-order chi connectivity index (χ0) is 17.1. The fraction of sp³-hybridized carbons (Fsp3) is 0.368. The number of amides is 1. The van der Waals surface area contributed by atoms with Crippen molar-refractivity contribution in [3.05, 3.63) is 50.1 Å². The Labute approximate surface area is 145 Å². The quantitative estimate of drug-likeness (QED) is 0.519. The van der Waals surface area contributed by atoms with Crippen molar-refractivity contribution < 1.29 is 9.53 Å². The van der Waals surface area contributed by atoms with Gasteiger partial charge in [-0.05, 0) is 43.9 Å². The highest BCUT2D eigenvalue weighted by Gasteiger charge is 2.19. The second-order valence-corrected chi connectivity index (χ2v) is 7.02. The van der Waals surface area contributed by atoms with Gasteiger partial charge in [0.25, 0.3) is 5.91 Å². The van der Waals surface area contributed by atoms with Crippen molar-refractivity contribution in [3.63, 3.8) is 0 Å². The number of carbonyl (C=O) groups excluding carboxylic acids is 1. The summed E-state index contributed by atoms with van der Waals surface area (Å²) in [5.41, 5.74) is 14.8. The van der Waals surface area contributed by atoms with Gasteiger partial charge in [-0.25, -0.2) is 0 Å². The molecule has 1 aromatic heterocycles. The zero-order valence-corrected chi connectivity index (χ0v) is 14.7. The topological polar surface area (TPSA) is 64.7 Å². The first kappa shape index (κ1) is 16.7. The highest BCUT2D eigenvalue weighted by Crippen LogP contribution is 2.28. The van der Waals surface area contributed by atoms with Gasteiger partial charge in [-0.2, -0.15) is 4.99 Å². The first-order valence-corrected chi connectivity index (χ1v) is 8.82. The molecule has 0 radical (unpaired) electrons. The average molecular weight is 340 g/mol. The molecule has 0 spiro atoms. The van der Waals surface area contributed by atoms with E-state index < -0.39 is 0 Å². The first-order valence-electron chi connectivity index (χ1n) is 8.00. The summed E-state index contributed by atoms with van der Waals surface area (Å²) in [5.74, 6) is -0.102. The van der Waals surface area contributed by atoms with Crippen LogP contribution >= 0.6 is 11.3 Å². The number of allylic oxidation sites excluding steroid dienone is 1. The smallest absolute Gasteiger partial charge is 0.289 e. The third-order valence-electron chi connectivity index (χ3n) is 4.24. The average Bonchev–Trinajstić information content (AvgIpc) is 2.86. The lowest BCUT2D eigenvalue weighted by Gasteiger charge is -2.17. The van der Waals surface area contributed by atoms with Crippen LogP contribution in [0, 0.1) is 0 Å². The third-order valence-corrected chi connectivity index (χ3v) is 5.37. The van der Waals surface area contributed by atoms with Gasteiger partial charge < -0.3 is 10.5 Å². The van der Waals surface area contributed by atoms with Gasteiger partial charge in [-0.3, -0.25) is 4.79 Å². The molecule has 124 valence electrons. The van der Waals surface area contributed by atoms with Crippen molar-refractivity contribution in [1.82, 2.24) is 0 Å². The number of hydrogen-bond acceptors (Lipinski definition) is 3. The standard InChI is InChI=1S/C19H20N2O2S/c1-12-8-9-14(10-15(12)23-2)18(20)21-19(22)17-11-13-6-4-3-5-7-16(13)24-17/h5,7,11,15H,3-4,6,10H2,1-2H3,(H2,20,21,22). The Bertz CT molecular complexity index is 832. The summed E-state index contributed by atoms with van der Waals surface area (Å²) >= 11 is 1.48. The predicted molar refractivity (Wildman–Crippen MR) is 97.4 cm³/mol. The van der Waals surface area contributed by atoms with Gasteiger partial charge in [0, 0.05) is 29.6 Å². The molecule has 0 saturated heterocycles. The van der Waals surface area contributed by atoms with Gasteiger partial charge in [0.05, 0.1) is 11.0 Å². The number of methoxy groups -OCH3 is 1. The minimum absolute atomic E-state index is 0.0898. The van der Waals surface area contributed by atoms with E-state index in [1.807, 2.05) is 13.0 Å². The molecule has 0 bridgehead atoms. The molecule has 1 atom stereocenters. The summed E-state index contributed by atoms with van der Waals surface area (Å²) < 4.78 is 5.38. The number of nitrogens with two attached hydrogens (primary N) is 1. The Kier molecular flexibility index (Phi) is 4.98. The van der Waals surface area contributed by atoms with Crippen molar-refractivity contribution in [3.8, 4) is 0 Å². The molecular weight excluding hydrogens is 320 g/mol. The first-order chi connectivity index (χ1) is 11.6. The van der Waals surface area contributed by atoms with E-state index in [0.29, 0.717) is 16.9 Å². The van der Waals surface area contributed by atoms with E-state index in [1.165, 1.54) is 16.9 Å². The van der Waals surface area contributed by atoms with Crippen LogP contribution in [0.4, 0.5) is 0 Å². The molecule has 4 nitrogen and oxygen atoms in total. The van der Waals surface area contributed by atoms with E-state index in [1.54, 1.807) is 7.11 Å². The van der Waals surface area contributed by atoms with Gasteiger partial charge in [-0.15, -0.1) is 11.3 Å². The Hall–Kier alpha value is -2.16. The van der Waals surface area contributed by atoms with Gasteiger partial charge in [0.15, 0.2) is 0 Å². The molecule has 2 aliphatic rings. The number of thiophene rings is 1. The lowest BCUT2D eigenvalue weighted by atomic mass is 9.99. The van der Waals surface area contributed by atoms with Gasteiger partial charge >= 0.3 is 0 Å². The monoisotopic (exact) mass is 340 g/mol. The number of nitrogens with zero attached hydrogens (tertiary/aromatic N) is 1. The van der Waals surface area contributed by atoms with Crippen LogP contribution in [-0.4, -0.2) is 25.0 Å². The van der Waals surface area contributed by atoms with E-state index >= 15 is 0 Å². The van der Waals surface area contributed by atoms with Crippen LogP contribution < -0.4 is 5.73 Å². The molecule has 1 unspecified atom stereocenters. The number of ether oxygens (including phenoxy) is 1. The number of aryl methyl sites for hydroxylation is 1. The maximum atomic E-state index is 12.4. The summed E-state index contributed by atoms with van der Waals surface area (Å²) in [4.78, 5) is 18.3. The molecule has 0 aliphatic heterocycles. The number of rotatable bonds is 3. The van der Waals surface area contributed by atoms with E-state index in [0.717, 1.165) is 29.7 Å². The maximum absolute atomic E-state index is 12.4. The van der Waals surface area contributed by atoms with Crippen LogP contribution in [0.1, 0.15) is 46.3 Å². The van der Waals surface area contributed by atoms with Gasteiger partial charge in [-0.1, -0.05) is 17.5 Å². The minimum Gasteiger partial charge on any atom is -0.383 e. The number of hydrogen-bond donors (Lipinski definition) is 1. The minimum atomic E-state index is -0.298. The molecule has 2 N–H and O–H groups in total. The fourth-order valence-electron chi connectivity index (χ4n) is 2.79. The van der Waals surface area contributed by atoms with Crippen LogP contribution in [0.2, 0.25) is 0 Å². The van der Waals surface area contributed by atoms with Crippen molar-refractivity contribution >= 4 is 29.2 Å². The van der Waals surface area contributed by atoms with Crippen molar-refractivity contribution in [1.29, 1.82) is 0 Å². The van der Waals surface area contributed by atoms with E-state index in [-0.39, 0.29) is 17.8 Å². The van der Waals surface area contributed by atoms with Crippen molar-refractivity contribution in [2.75, 3.05) is 7.11 Å². The highest BCUT2D eigenvalue weighted by atomic mass is 32.1. The second kappa shape index (κ2) is 7.16. The summed E-state index contributed by atoms with van der Waals surface area (Å²) in [5, 5.41) is 0. The lowest BCUT2D eigenvalue weighted by Crippen LogP contribution is -2.23. The molecule has 24 heavy (non-hydrogen) atoms. The van der Waals surface area contributed by atoms with Crippen LogP contribution in [0.15, 0.2) is 39.7 Å². The number of aliphatic imine (C=N–C) groups is 1. The molecule has 1 heterocycles. The molecule has 5 heteroatoms. The molecular formula is C19H20N2O2S. The summed E-state index contributed by atoms with van der Waals surface area (Å²) in [6.45, 7) is 1.93. The largest absolute Gasteiger partial charge is 0.383 e. The van der Waals surface area contributed by atoms with E-state index in [2.05, 4.69) is 28.6 Å². The van der Waals surface area contributed by atoms with Crippen LogP contribution in [0.5, 0.6) is 0 Å². The number of amidine groups is 1. The zero-order valence-electron chi connectivity index (χ0n) is 13.9. The molecule has 1 amide bonds. The Morgan fingerprint density at radius 1 is 1.46 bits per heavy atom. The van der Waals surface area contributed by atoms with E-state index in [9.17, 15) is 4.79 Å². The van der Waals surface area contributed by atoms with Crippen LogP contribution in [-0.2, 0) is 11.2 Å². The normalized spacial score (nSPS) is 20.2. The lowest BCUT2D eigenvalue weighted by molar-refractivity contribution is 0.101. The highest BCUT2D eigenvalue weighted by molar-refractivity contribution is 7.15. The number of carbonyl (C=O) groups is 1. The SMILES string of the molecule is COC1CC(C(N)=NC(=O)c2cc3c(s2)C=CCCC3)=C=C=C1C. The second-order valence-electron chi connectivity index (χ2n) is 5.94. The Balaban J connectivity index is 1.84. The third kappa shape index (κ3) is 3.50. The van der Waals surface area contributed by atoms with Crippen LogP contribution in [0.3, 0.4) is 0 Å². The Morgan fingerprint density at radius 3 is 3.08 bits per heavy atom. The van der Waals surface area contributed by atoms with Crippen molar-refractivity contribution in [2.45, 2.75) is 38.7 Å². The van der Waals surface area contributed by atoms with Crippen molar-refractivity contribution in [2.24, 2.45) is 10.7 Å². The molecule has 1 aromatic rings. The molecule has 3 rings (SSSR count). The summed E-state index contributed by atoms with van der Waals surface area (Å²) in [6.07, 6.45) is 7.92. The maximum Gasteiger partial charge on any atom is 0.289 e. The summed E-state index contributed by atoms with van der Waals surface area (Å²) in [6, 6.07) is 1.95. The summed E-state index contributed by atoms with van der Waals surface area (Å²) in [7, 11) is 1.64. The van der Waals surface area contributed by atoms with Crippen LogP contribution in [0.25, 0.3) is 6.08 Å². The Morgan fingerprint density at radius 2 is 2.29 bits per heavy atom. The molecule has 0 saturated carbocycles. The molecule has 0 fully saturated rings. The molecule has 2 aliphatic carbocycles. The van der Waals surface area contributed by atoms with E-state index in [4.69, 9.17) is 10.5 Å². The van der Waals surface area contributed by atoms with Gasteiger partial charge in [0.2, 0.25) is 0 Å². The predicted octanol–water partition coefficient (Wildman–Crippen LogP) is 3.64.